The zero-order valence-electron chi connectivity index (χ0n) is 14.1. The Morgan fingerprint density at radius 2 is 2.04 bits per heavy atom. The molecule has 0 unspecified atom stereocenters. The molecule has 3 aromatic heterocycles. The van der Waals surface area contributed by atoms with E-state index in [4.69, 9.17) is 27.9 Å². The Labute approximate surface area is 167 Å². The van der Waals surface area contributed by atoms with Crippen molar-refractivity contribution in [1.29, 1.82) is 0 Å². The van der Waals surface area contributed by atoms with E-state index in [1.165, 1.54) is 18.9 Å². The number of benzene rings is 1. The van der Waals surface area contributed by atoms with Crippen molar-refractivity contribution in [1.82, 2.24) is 29.4 Å². The molecule has 0 spiro atoms. The van der Waals surface area contributed by atoms with Gasteiger partial charge in [0.25, 0.3) is 0 Å². The number of carbonyl (C=O) groups excluding carboxylic acids is 1. The molecular formula is C16H12Cl2N6O2S. The van der Waals surface area contributed by atoms with Crippen LogP contribution in [-0.4, -0.2) is 47.7 Å². The van der Waals surface area contributed by atoms with E-state index in [0.717, 1.165) is 5.69 Å². The highest BCUT2D eigenvalue weighted by Crippen LogP contribution is 2.28. The second kappa shape index (κ2) is 6.99. The van der Waals surface area contributed by atoms with Crippen LogP contribution >= 0.6 is 35.0 Å². The molecule has 0 radical (unpaired) electrons. The van der Waals surface area contributed by atoms with Gasteiger partial charge in [-0.15, -0.1) is 10.2 Å². The number of carbonyl (C=O) groups is 1. The summed E-state index contributed by atoms with van der Waals surface area (Å²) in [4.78, 5) is 16.1. The first-order valence-corrected chi connectivity index (χ1v) is 9.40. The highest BCUT2D eigenvalue weighted by atomic mass is 35.5. The van der Waals surface area contributed by atoms with E-state index in [1.54, 1.807) is 46.7 Å². The van der Waals surface area contributed by atoms with Crippen LogP contribution in [0.15, 0.2) is 35.9 Å². The largest absolute Gasteiger partial charge is 0.468 e. The van der Waals surface area contributed by atoms with Crippen LogP contribution in [0.4, 0.5) is 0 Å². The number of aromatic nitrogens is 6. The maximum Gasteiger partial charge on any atom is 0.318 e. The van der Waals surface area contributed by atoms with Crippen LogP contribution in [-0.2, 0) is 9.53 Å². The summed E-state index contributed by atoms with van der Waals surface area (Å²) in [5.74, 6) is -0.335. The molecule has 138 valence electrons. The summed E-state index contributed by atoms with van der Waals surface area (Å²) in [5, 5.41) is 14.5. The van der Waals surface area contributed by atoms with Gasteiger partial charge in [0.05, 0.1) is 34.4 Å². The van der Waals surface area contributed by atoms with E-state index in [9.17, 15) is 4.79 Å². The zero-order valence-corrected chi connectivity index (χ0v) is 16.5. The van der Waals surface area contributed by atoms with Crippen LogP contribution in [0.2, 0.25) is 10.0 Å². The number of methoxy groups -OCH3 is 1. The normalized spacial score (nSPS) is 12.6. The number of rotatable bonds is 4. The van der Waals surface area contributed by atoms with Gasteiger partial charge in [-0.25, -0.2) is 9.67 Å². The molecule has 1 atom stereocenters. The van der Waals surface area contributed by atoms with E-state index < -0.39 is 5.25 Å². The van der Waals surface area contributed by atoms with E-state index in [0.29, 0.717) is 31.9 Å². The third-order valence-corrected chi connectivity index (χ3v) is 5.68. The molecule has 0 N–H and O–H groups in total. The Balaban J connectivity index is 1.78. The molecule has 0 aliphatic heterocycles. The van der Waals surface area contributed by atoms with Gasteiger partial charge < -0.3 is 4.74 Å². The lowest BCUT2D eigenvalue weighted by molar-refractivity contribution is -0.139. The summed E-state index contributed by atoms with van der Waals surface area (Å²) in [6, 6.07) is 5.21. The van der Waals surface area contributed by atoms with Crippen molar-refractivity contribution in [2.45, 2.75) is 17.3 Å². The predicted molar refractivity (Wildman–Crippen MR) is 103 cm³/mol. The molecule has 0 amide bonds. The molecule has 0 saturated carbocycles. The van der Waals surface area contributed by atoms with Gasteiger partial charge in [-0.1, -0.05) is 35.0 Å². The lowest BCUT2D eigenvalue weighted by Crippen LogP contribution is -2.15. The fourth-order valence-electron chi connectivity index (χ4n) is 2.56. The summed E-state index contributed by atoms with van der Waals surface area (Å²) in [5.41, 5.74) is 1.92. The number of halogens is 2. The van der Waals surface area contributed by atoms with Crippen molar-refractivity contribution in [2.24, 2.45) is 0 Å². The molecule has 27 heavy (non-hydrogen) atoms. The fourth-order valence-corrected chi connectivity index (χ4v) is 3.70. The van der Waals surface area contributed by atoms with Crippen LogP contribution < -0.4 is 0 Å². The predicted octanol–water partition coefficient (Wildman–Crippen LogP) is 3.42. The number of hydrogen-bond acceptors (Lipinski definition) is 7. The molecule has 0 aliphatic rings. The Bertz CT molecular complexity index is 1170. The van der Waals surface area contributed by atoms with Crippen molar-refractivity contribution >= 4 is 57.6 Å². The molecule has 0 bridgehead atoms. The summed E-state index contributed by atoms with van der Waals surface area (Å²) >= 11 is 13.3. The molecular weight excluding hydrogens is 411 g/mol. The number of thioether (sulfide) groups is 1. The molecule has 0 fully saturated rings. The Morgan fingerprint density at radius 3 is 2.78 bits per heavy atom. The summed E-state index contributed by atoms with van der Waals surface area (Å²) < 4.78 is 8.11. The van der Waals surface area contributed by atoms with Gasteiger partial charge in [-0.3, -0.25) is 9.20 Å². The molecule has 0 saturated heterocycles. The maximum absolute atomic E-state index is 11.6. The van der Waals surface area contributed by atoms with Crippen molar-refractivity contribution in [3.63, 3.8) is 0 Å². The van der Waals surface area contributed by atoms with Gasteiger partial charge >= 0.3 is 5.97 Å². The average Bonchev–Trinajstić information content (AvgIpc) is 3.27. The van der Waals surface area contributed by atoms with Gasteiger partial charge in [0, 0.05) is 0 Å². The zero-order chi connectivity index (χ0) is 19.1. The van der Waals surface area contributed by atoms with E-state index in [1.807, 2.05) is 0 Å². The first-order chi connectivity index (χ1) is 13.0. The number of hydrogen-bond donors (Lipinski definition) is 0. The van der Waals surface area contributed by atoms with E-state index in [-0.39, 0.29) is 5.97 Å². The first kappa shape index (κ1) is 18.0. The van der Waals surface area contributed by atoms with Crippen molar-refractivity contribution in [3.05, 3.63) is 40.8 Å². The minimum absolute atomic E-state index is 0.335. The van der Waals surface area contributed by atoms with Crippen LogP contribution in [0.1, 0.15) is 6.92 Å². The fraction of sp³-hybridized carbons (Fsp3) is 0.188. The van der Waals surface area contributed by atoms with Gasteiger partial charge in [0.15, 0.2) is 16.5 Å². The van der Waals surface area contributed by atoms with Gasteiger partial charge in [0.2, 0.25) is 0 Å². The molecule has 4 aromatic rings. The highest BCUT2D eigenvalue weighted by molar-refractivity contribution is 8.00. The lowest BCUT2D eigenvalue weighted by atomic mass is 10.3. The number of nitrogens with zero attached hydrogens (tertiary/aromatic N) is 6. The Hall–Kier alpha value is -2.36. The second-order valence-electron chi connectivity index (χ2n) is 5.60. The third kappa shape index (κ3) is 3.11. The highest BCUT2D eigenvalue weighted by Gasteiger charge is 2.20. The molecule has 8 nitrogen and oxygen atoms in total. The second-order valence-corrected chi connectivity index (χ2v) is 7.72. The monoisotopic (exact) mass is 422 g/mol. The van der Waals surface area contributed by atoms with Crippen molar-refractivity contribution in [3.8, 4) is 5.69 Å². The molecule has 4 rings (SSSR count). The average molecular weight is 423 g/mol. The van der Waals surface area contributed by atoms with Crippen LogP contribution in [0.5, 0.6) is 0 Å². The van der Waals surface area contributed by atoms with Crippen LogP contribution in [0, 0.1) is 0 Å². The summed E-state index contributed by atoms with van der Waals surface area (Å²) in [7, 11) is 1.35. The molecule has 1 aromatic carbocycles. The van der Waals surface area contributed by atoms with Crippen LogP contribution in [0.25, 0.3) is 22.4 Å². The Morgan fingerprint density at radius 1 is 1.22 bits per heavy atom. The SMILES string of the molecule is COC(=O)[C@H](C)Sc1nnc2c3cnn(-c4ccc(Cl)c(Cl)c4)c3ncn12. The van der Waals surface area contributed by atoms with Gasteiger partial charge in [-0.05, 0) is 25.1 Å². The third-order valence-electron chi connectivity index (χ3n) is 3.91. The van der Waals surface area contributed by atoms with Crippen molar-refractivity contribution in [2.75, 3.05) is 7.11 Å². The summed E-state index contributed by atoms with van der Waals surface area (Å²) in [6.07, 6.45) is 3.26. The lowest BCUT2D eigenvalue weighted by Gasteiger charge is -2.07. The van der Waals surface area contributed by atoms with Gasteiger partial charge in [-0.2, -0.15) is 5.10 Å². The van der Waals surface area contributed by atoms with Crippen molar-refractivity contribution < 1.29 is 9.53 Å². The standard InChI is InChI=1S/C16H12Cl2N6O2S/c1-8(15(25)26-2)27-16-22-21-14-10-6-20-24(13(10)19-7-23(14)16)9-3-4-11(17)12(18)5-9/h3-8H,1-2H3/t8-/m0/s1. The Kier molecular flexibility index (Phi) is 4.67. The quantitative estimate of drug-likeness (QED) is 0.367. The molecule has 3 heterocycles. The van der Waals surface area contributed by atoms with Crippen LogP contribution in [0.3, 0.4) is 0 Å². The first-order valence-electron chi connectivity index (χ1n) is 7.77. The summed E-state index contributed by atoms with van der Waals surface area (Å²) in [6.45, 7) is 1.74. The topological polar surface area (TPSA) is 87.2 Å². The number of ether oxygens (including phenoxy) is 1. The smallest absolute Gasteiger partial charge is 0.318 e. The van der Waals surface area contributed by atoms with E-state index >= 15 is 0 Å². The minimum Gasteiger partial charge on any atom is -0.468 e. The minimum atomic E-state index is -0.419. The molecule has 0 aliphatic carbocycles. The number of fused-ring (bicyclic) bond motifs is 3. The van der Waals surface area contributed by atoms with E-state index in [2.05, 4.69) is 20.3 Å². The number of esters is 1. The van der Waals surface area contributed by atoms with Gasteiger partial charge in [0.1, 0.15) is 11.6 Å². The maximum atomic E-state index is 11.6. The molecule has 11 heteroatoms.